The van der Waals surface area contributed by atoms with Crippen molar-refractivity contribution in [2.24, 2.45) is 0 Å². The van der Waals surface area contributed by atoms with E-state index in [0.717, 1.165) is 0 Å². The first-order chi connectivity index (χ1) is 6.41. The number of hydrogen-bond acceptors (Lipinski definition) is 4. The van der Waals surface area contributed by atoms with Gasteiger partial charge in [0.15, 0.2) is 0 Å². The smallest absolute Gasteiger partial charge is 0.306 e. The molecule has 0 unspecified atom stereocenters. The van der Waals surface area contributed by atoms with E-state index in [9.17, 15) is 9.59 Å². The third-order valence-corrected chi connectivity index (χ3v) is 1.27. The molecule has 0 atom stereocenters. The predicted molar refractivity (Wildman–Crippen MR) is 57.4 cm³/mol. The van der Waals surface area contributed by atoms with Crippen molar-refractivity contribution in [3.05, 3.63) is 0 Å². The SMILES string of the molecule is CC(C)OC(=O)CCC(=O)OC(C)C.[Na]. The Morgan fingerprint density at radius 1 is 0.867 bits per heavy atom. The topological polar surface area (TPSA) is 52.6 Å². The minimum Gasteiger partial charge on any atom is -0.463 e. The summed E-state index contributed by atoms with van der Waals surface area (Å²) < 4.78 is 9.72. The van der Waals surface area contributed by atoms with Crippen LogP contribution in [-0.2, 0) is 19.1 Å². The Balaban J connectivity index is 0. The van der Waals surface area contributed by atoms with Crippen molar-refractivity contribution < 1.29 is 19.1 Å². The molecule has 0 N–H and O–H groups in total. The second-order valence-electron chi connectivity index (χ2n) is 3.58. The molecule has 0 amide bonds. The van der Waals surface area contributed by atoms with E-state index in [1.165, 1.54) is 0 Å². The van der Waals surface area contributed by atoms with Crippen LogP contribution in [0.15, 0.2) is 0 Å². The van der Waals surface area contributed by atoms with Gasteiger partial charge in [0.1, 0.15) is 0 Å². The Bertz CT molecular complexity index is 180. The van der Waals surface area contributed by atoms with E-state index in [-0.39, 0.29) is 66.5 Å². The van der Waals surface area contributed by atoms with Crippen molar-refractivity contribution in [1.29, 1.82) is 0 Å². The summed E-state index contributed by atoms with van der Waals surface area (Å²) in [5.41, 5.74) is 0. The van der Waals surface area contributed by atoms with E-state index in [0.29, 0.717) is 0 Å². The zero-order chi connectivity index (χ0) is 11.1. The Kier molecular flexibility index (Phi) is 10.6. The summed E-state index contributed by atoms with van der Waals surface area (Å²) in [5.74, 6) is -0.721. The molecule has 1 radical (unpaired) electrons. The minimum absolute atomic E-state index is 0. The zero-order valence-corrected chi connectivity index (χ0v) is 12.2. The Morgan fingerprint density at radius 2 is 1.13 bits per heavy atom. The van der Waals surface area contributed by atoms with Gasteiger partial charge in [-0.3, -0.25) is 9.59 Å². The summed E-state index contributed by atoms with van der Waals surface area (Å²) in [6, 6.07) is 0. The van der Waals surface area contributed by atoms with Crippen molar-refractivity contribution in [2.45, 2.75) is 52.7 Å². The molecule has 0 saturated carbocycles. The molecule has 0 fully saturated rings. The van der Waals surface area contributed by atoms with E-state index < -0.39 is 0 Å². The number of rotatable bonds is 5. The van der Waals surface area contributed by atoms with Gasteiger partial charge in [0, 0.05) is 29.6 Å². The molecule has 0 aliphatic carbocycles. The van der Waals surface area contributed by atoms with E-state index in [2.05, 4.69) is 0 Å². The summed E-state index contributed by atoms with van der Waals surface area (Å²) in [5, 5.41) is 0. The molecule has 4 nitrogen and oxygen atoms in total. The van der Waals surface area contributed by atoms with Gasteiger partial charge in [0.25, 0.3) is 0 Å². The quantitative estimate of drug-likeness (QED) is 0.522. The van der Waals surface area contributed by atoms with Gasteiger partial charge in [-0.25, -0.2) is 0 Å². The van der Waals surface area contributed by atoms with Gasteiger partial charge in [-0.05, 0) is 27.7 Å². The fourth-order valence-electron chi connectivity index (χ4n) is 0.848. The molecular weight excluding hydrogens is 207 g/mol. The summed E-state index contributed by atoms with van der Waals surface area (Å²) in [7, 11) is 0. The average Bonchev–Trinajstić information content (AvgIpc) is 1.98. The molecule has 15 heavy (non-hydrogen) atoms. The van der Waals surface area contributed by atoms with Crippen LogP contribution in [0.2, 0.25) is 0 Å². The summed E-state index contributed by atoms with van der Waals surface area (Å²) >= 11 is 0. The van der Waals surface area contributed by atoms with E-state index >= 15 is 0 Å². The Hall–Kier alpha value is -0.0600. The van der Waals surface area contributed by atoms with Gasteiger partial charge in [-0.15, -0.1) is 0 Å². The fourth-order valence-corrected chi connectivity index (χ4v) is 0.848. The maximum Gasteiger partial charge on any atom is 0.306 e. The minimum atomic E-state index is -0.360. The van der Waals surface area contributed by atoms with Crippen molar-refractivity contribution in [3.8, 4) is 0 Å². The van der Waals surface area contributed by atoms with Crippen molar-refractivity contribution >= 4 is 41.5 Å². The predicted octanol–water partition coefficient (Wildman–Crippen LogP) is 1.29. The monoisotopic (exact) mass is 225 g/mol. The van der Waals surface area contributed by atoms with Crippen LogP contribution in [0.4, 0.5) is 0 Å². The van der Waals surface area contributed by atoms with Crippen LogP contribution in [0, 0.1) is 0 Å². The van der Waals surface area contributed by atoms with Crippen LogP contribution in [-0.4, -0.2) is 53.7 Å². The third-order valence-electron chi connectivity index (χ3n) is 1.27. The molecule has 83 valence electrons. The second-order valence-corrected chi connectivity index (χ2v) is 3.58. The van der Waals surface area contributed by atoms with E-state index in [4.69, 9.17) is 9.47 Å². The molecule has 0 aromatic heterocycles. The van der Waals surface area contributed by atoms with Crippen molar-refractivity contribution in [3.63, 3.8) is 0 Å². The number of hydrogen-bond donors (Lipinski definition) is 0. The van der Waals surface area contributed by atoms with Gasteiger partial charge in [-0.2, -0.15) is 0 Å². The van der Waals surface area contributed by atoms with Crippen molar-refractivity contribution in [2.75, 3.05) is 0 Å². The molecule has 0 aromatic carbocycles. The van der Waals surface area contributed by atoms with Crippen LogP contribution in [0.1, 0.15) is 40.5 Å². The van der Waals surface area contributed by atoms with Crippen LogP contribution in [0.5, 0.6) is 0 Å². The second kappa shape index (κ2) is 9.19. The molecular formula is C10H18NaO4. The number of ether oxygens (including phenoxy) is 2. The Labute approximate surface area is 113 Å². The molecule has 5 heteroatoms. The van der Waals surface area contributed by atoms with Crippen LogP contribution in [0.25, 0.3) is 0 Å². The largest absolute Gasteiger partial charge is 0.463 e. The number of carbonyl (C=O) groups excluding carboxylic acids is 2. The molecule has 0 saturated heterocycles. The van der Waals surface area contributed by atoms with Gasteiger partial charge >= 0.3 is 11.9 Å². The molecule has 0 heterocycles. The zero-order valence-electron chi connectivity index (χ0n) is 10.2. The van der Waals surface area contributed by atoms with Crippen LogP contribution < -0.4 is 0 Å². The normalized spacial score (nSPS) is 9.73. The molecule has 0 bridgehead atoms. The first-order valence-electron chi connectivity index (χ1n) is 4.80. The molecule has 0 rings (SSSR count). The summed E-state index contributed by atoms with van der Waals surface area (Å²) in [4.78, 5) is 22.0. The Morgan fingerprint density at radius 3 is 1.33 bits per heavy atom. The molecule has 0 aromatic rings. The van der Waals surface area contributed by atoms with Crippen LogP contribution in [0.3, 0.4) is 0 Å². The standard InChI is InChI=1S/C10H18O4.Na/c1-7(2)13-9(11)5-6-10(12)14-8(3)4;/h7-8H,5-6H2,1-4H3;. The van der Waals surface area contributed by atoms with Gasteiger partial charge in [0.2, 0.25) is 0 Å². The summed E-state index contributed by atoms with van der Waals surface area (Å²) in [6.07, 6.45) is -0.0970. The van der Waals surface area contributed by atoms with E-state index in [1.807, 2.05) is 0 Å². The molecule has 0 aliphatic rings. The van der Waals surface area contributed by atoms with E-state index in [1.54, 1.807) is 27.7 Å². The fraction of sp³-hybridized carbons (Fsp3) is 0.800. The van der Waals surface area contributed by atoms with Gasteiger partial charge < -0.3 is 9.47 Å². The molecule has 0 spiro atoms. The maximum absolute atomic E-state index is 11.0. The summed E-state index contributed by atoms with van der Waals surface area (Å²) in [6.45, 7) is 7.07. The third kappa shape index (κ3) is 11.9. The molecule has 0 aliphatic heterocycles. The maximum atomic E-state index is 11.0. The van der Waals surface area contributed by atoms with Gasteiger partial charge in [0.05, 0.1) is 25.0 Å². The van der Waals surface area contributed by atoms with Crippen molar-refractivity contribution in [1.82, 2.24) is 0 Å². The van der Waals surface area contributed by atoms with Crippen LogP contribution >= 0.6 is 0 Å². The first kappa shape index (κ1) is 17.3. The number of carbonyl (C=O) groups is 2. The van der Waals surface area contributed by atoms with Gasteiger partial charge in [-0.1, -0.05) is 0 Å². The first-order valence-corrected chi connectivity index (χ1v) is 4.80. The number of esters is 2. The average molecular weight is 225 g/mol.